The number of esters is 1. The molecule has 2 rings (SSSR count). The summed E-state index contributed by atoms with van der Waals surface area (Å²) >= 11 is 0. The fourth-order valence-corrected chi connectivity index (χ4v) is 1.67. The zero-order chi connectivity index (χ0) is 13.7. The lowest BCUT2D eigenvalue weighted by Crippen LogP contribution is -2.08. The van der Waals surface area contributed by atoms with Gasteiger partial charge in [0.2, 0.25) is 0 Å². The summed E-state index contributed by atoms with van der Waals surface area (Å²) in [7, 11) is 1.32. The summed E-state index contributed by atoms with van der Waals surface area (Å²) in [5.41, 5.74) is 2.54. The van der Waals surface area contributed by atoms with Crippen LogP contribution in [0.2, 0.25) is 0 Å². The number of nitrogens with zero attached hydrogens (tertiary/aromatic N) is 2. The van der Waals surface area contributed by atoms with Crippen LogP contribution in [-0.2, 0) is 11.3 Å². The number of carbonyl (C=O) groups excluding carboxylic acids is 1. The van der Waals surface area contributed by atoms with Crippen LogP contribution in [0.5, 0.6) is 0 Å². The van der Waals surface area contributed by atoms with Crippen molar-refractivity contribution in [1.29, 1.82) is 0 Å². The second kappa shape index (κ2) is 5.95. The van der Waals surface area contributed by atoms with Crippen LogP contribution in [0.25, 0.3) is 0 Å². The lowest BCUT2D eigenvalue weighted by atomic mass is 10.1. The van der Waals surface area contributed by atoms with Gasteiger partial charge in [-0.1, -0.05) is 29.8 Å². The Morgan fingerprint density at radius 3 is 2.95 bits per heavy atom. The molecule has 98 valence electrons. The molecule has 1 heterocycles. The van der Waals surface area contributed by atoms with E-state index < -0.39 is 5.97 Å². The molecule has 0 unspecified atom stereocenters. The lowest BCUT2D eigenvalue weighted by molar-refractivity contribution is 0.0593. The molecule has 0 spiro atoms. The van der Waals surface area contributed by atoms with E-state index in [1.54, 1.807) is 6.20 Å². The predicted molar refractivity (Wildman–Crippen MR) is 71.9 cm³/mol. The Kier molecular flexibility index (Phi) is 4.07. The fraction of sp³-hybridized carbons (Fsp3) is 0.214. The molecule has 0 saturated carbocycles. The molecule has 0 amide bonds. The number of aryl methyl sites for hydroxylation is 1. The Labute approximate surface area is 111 Å². The van der Waals surface area contributed by atoms with Crippen molar-refractivity contribution in [3.63, 3.8) is 0 Å². The molecule has 0 aliphatic heterocycles. The topological polar surface area (TPSA) is 64.1 Å². The number of anilines is 1. The molecule has 1 aromatic heterocycles. The first kappa shape index (κ1) is 13.0. The predicted octanol–water partition coefficient (Wildman–Crippen LogP) is 2.18. The summed E-state index contributed by atoms with van der Waals surface area (Å²) in [4.78, 5) is 19.4. The highest BCUT2D eigenvalue weighted by molar-refractivity contribution is 5.87. The van der Waals surface area contributed by atoms with E-state index >= 15 is 0 Å². The van der Waals surface area contributed by atoms with Gasteiger partial charge < -0.3 is 10.1 Å². The average molecular weight is 257 g/mol. The van der Waals surface area contributed by atoms with Crippen molar-refractivity contribution in [3.05, 3.63) is 53.5 Å². The smallest absolute Gasteiger partial charge is 0.358 e. The number of ether oxygens (including phenoxy) is 1. The molecule has 19 heavy (non-hydrogen) atoms. The van der Waals surface area contributed by atoms with Gasteiger partial charge in [-0.15, -0.1) is 0 Å². The second-order valence-corrected chi connectivity index (χ2v) is 4.12. The van der Waals surface area contributed by atoms with E-state index in [1.165, 1.54) is 18.9 Å². The largest absolute Gasteiger partial charge is 0.464 e. The van der Waals surface area contributed by atoms with Gasteiger partial charge in [0.1, 0.15) is 5.82 Å². The molecule has 0 saturated heterocycles. The van der Waals surface area contributed by atoms with Crippen molar-refractivity contribution in [2.24, 2.45) is 0 Å². The normalized spacial score (nSPS) is 10.0. The third kappa shape index (κ3) is 3.51. The monoisotopic (exact) mass is 257 g/mol. The third-order valence-corrected chi connectivity index (χ3v) is 2.59. The van der Waals surface area contributed by atoms with E-state index in [0.29, 0.717) is 12.4 Å². The van der Waals surface area contributed by atoms with Crippen LogP contribution in [0, 0.1) is 6.92 Å². The Hall–Kier alpha value is -2.43. The van der Waals surface area contributed by atoms with Gasteiger partial charge in [0, 0.05) is 6.54 Å². The molecule has 1 N–H and O–H groups in total. The van der Waals surface area contributed by atoms with E-state index in [-0.39, 0.29) is 5.69 Å². The first-order valence-electron chi connectivity index (χ1n) is 5.89. The molecular weight excluding hydrogens is 242 g/mol. The van der Waals surface area contributed by atoms with Crippen LogP contribution in [0.4, 0.5) is 5.82 Å². The van der Waals surface area contributed by atoms with Gasteiger partial charge in [-0.2, -0.15) is 0 Å². The molecule has 5 heteroatoms. The quantitative estimate of drug-likeness (QED) is 0.850. The van der Waals surface area contributed by atoms with Crippen LogP contribution >= 0.6 is 0 Å². The molecule has 0 atom stereocenters. The fourth-order valence-electron chi connectivity index (χ4n) is 1.67. The van der Waals surface area contributed by atoms with Gasteiger partial charge in [0.25, 0.3) is 0 Å². The Morgan fingerprint density at radius 2 is 2.21 bits per heavy atom. The lowest BCUT2D eigenvalue weighted by Gasteiger charge is -2.07. The summed E-state index contributed by atoms with van der Waals surface area (Å²) in [6.07, 6.45) is 2.95. The molecule has 0 bridgehead atoms. The first-order valence-corrected chi connectivity index (χ1v) is 5.89. The summed E-state index contributed by atoms with van der Waals surface area (Å²) in [5.74, 6) is 0.0520. The van der Waals surface area contributed by atoms with Crippen molar-refractivity contribution in [2.75, 3.05) is 12.4 Å². The molecule has 0 radical (unpaired) electrons. The number of hydrogen-bond acceptors (Lipinski definition) is 5. The number of nitrogens with one attached hydrogen (secondary N) is 1. The number of carbonyl (C=O) groups is 1. The molecule has 2 aromatic rings. The maximum Gasteiger partial charge on any atom is 0.358 e. The summed E-state index contributed by atoms with van der Waals surface area (Å²) < 4.78 is 4.60. The van der Waals surface area contributed by atoms with Crippen LogP contribution in [-0.4, -0.2) is 23.0 Å². The van der Waals surface area contributed by atoms with Crippen LogP contribution in [0.15, 0.2) is 36.7 Å². The van der Waals surface area contributed by atoms with Crippen LogP contribution in [0.3, 0.4) is 0 Å². The Balaban J connectivity index is 2.05. The molecular formula is C14H15N3O2. The number of hydrogen-bond donors (Lipinski definition) is 1. The van der Waals surface area contributed by atoms with Crippen LogP contribution in [0.1, 0.15) is 21.6 Å². The van der Waals surface area contributed by atoms with Gasteiger partial charge in [0.05, 0.1) is 19.5 Å². The van der Waals surface area contributed by atoms with Gasteiger partial charge in [-0.05, 0) is 12.5 Å². The van der Waals surface area contributed by atoms with E-state index in [9.17, 15) is 4.79 Å². The zero-order valence-electron chi connectivity index (χ0n) is 10.9. The van der Waals surface area contributed by atoms with E-state index in [4.69, 9.17) is 0 Å². The minimum Gasteiger partial charge on any atom is -0.464 e. The Morgan fingerprint density at radius 1 is 1.37 bits per heavy atom. The minimum absolute atomic E-state index is 0.191. The van der Waals surface area contributed by atoms with Gasteiger partial charge in [0.15, 0.2) is 5.69 Å². The minimum atomic E-state index is -0.494. The molecule has 5 nitrogen and oxygen atoms in total. The van der Waals surface area contributed by atoms with E-state index in [2.05, 4.69) is 26.1 Å². The van der Waals surface area contributed by atoms with Crippen molar-refractivity contribution in [2.45, 2.75) is 13.5 Å². The van der Waals surface area contributed by atoms with Crippen molar-refractivity contribution in [3.8, 4) is 0 Å². The molecule has 0 fully saturated rings. The number of methoxy groups -OCH3 is 1. The molecule has 1 aromatic carbocycles. The average Bonchev–Trinajstić information content (AvgIpc) is 2.45. The van der Waals surface area contributed by atoms with E-state index in [1.807, 2.05) is 25.1 Å². The van der Waals surface area contributed by atoms with Crippen LogP contribution < -0.4 is 5.32 Å². The number of benzene rings is 1. The maximum atomic E-state index is 11.3. The molecule has 0 aliphatic rings. The Bertz CT molecular complexity index is 584. The van der Waals surface area contributed by atoms with Crippen molar-refractivity contribution in [1.82, 2.24) is 9.97 Å². The summed E-state index contributed by atoms with van der Waals surface area (Å²) in [6.45, 7) is 2.67. The highest BCUT2D eigenvalue weighted by atomic mass is 16.5. The summed E-state index contributed by atoms with van der Waals surface area (Å²) in [5, 5.41) is 3.13. The van der Waals surface area contributed by atoms with Gasteiger partial charge in [-0.3, -0.25) is 4.98 Å². The second-order valence-electron chi connectivity index (χ2n) is 4.12. The third-order valence-electron chi connectivity index (χ3n) is 2.59. The maximum absolute atomic E-state index is 11.3. The number of aromatic nitrogens is 2. The van der Waals surface area contributed by atoms with Crippen molar-refractivity contribution >= 4 is 11.8 Å². The molecule has 0 aliphatic carbocycles. The first-order chi connectivity index (χ1) is 9.19. The highest BCUT2D eigenvalue weighted by Gasteiger charge is 2.08. The van der Waals surface area contributed by atoms with E-state index in [0.717, 1.165) is 5.56 Å². The summed E-state index contributed by atoms with van der Waals surface area (Å²) in [6, 6.07) is 8.16. The SMILES string of the molecule is COC(=O)c1cncc(NCc2cccc(C)c2)n1. The number of rotatable bonds is 4. The van der Waals surface area contributed by atoms with Gasteiger partial charge >= 0.3 is 5.97 Å². The standard InChI is InChI=1S/C14H15N3O2/c1-10-4-3-5-11(6-10)7-16-13-9-15-8-12(17-13)14(18)19-2/h3-6,8-9H,7H2,1-2H3,(H,16,17). The highest BCUT2D eigenvalue weighted by Crippen LogP contribution is 2.08. The zero-order valence-corrected chi connectivity index (χ0v) is 10.9. The van der Waals surface area contributed by atoms with Crippen molar-refractivity contribution < 1.29 is 9.53 Å². The van der Waals surface area contributed by atoms with Gasteiger partial charge in [-0.25, -0.2) is 9.78 Å².